The quantitative estimate of drug-likeness (QED) is 0.445. The zero-order chi connectivity index (χ0) is 12.6. The lowest BCUT2D eigenvalue weighted by Crippen LogP contribution is -1.88. The second-order valence-electron chi connectivity index (χ2n) is 3.62. The Hall–Kier alpha value is -2.53. The van der Waals surface area contributed by atoms with Crippen LogP contribution in [0.1, 0.15) is 16.7 Å². The van der Waals surface area contributed by atoms with Crippen LogP contribution in [0.15, 0.2) is 59.8 Å². The zero-order valence-corrected chi connectivity index (χ0v) is 10.1. The van der Waals surface area contributed by atoms with E-state index in [-0.39, 0.29) is 0 Å². The molecule has 18 heavy (non-hydrogen) atoms. The van der Waals surface area contributed by atoms with Crippen molar-refractivity contribution in [3.8, 4) is 11.8 Å². The molecule has 0 unspecified atom stereocenters. The van der Waals surface area contributed by atoms with Gasteiger partial charge in [0.05, 0.1) is 6.21 Å². The number of hydrogen-bond acceptors (Lipinski definition) is 2. The van der Waals surface area contributed by atoms with E-state index in [1.54, 1.807) is 6.21 Å². The Bertz CT molecular complexity index is 591. The van der Waals surface area contributed by atoms with Crippen LogP contribution < -0.4 is 0 Å². The highest BCUT2D eigenvalue weighted by atomic mass is 16.6. The summed E-state index contributed by atoms with van der Waals surface area (Å²) < 4.78 is 0. The molecule has 0 saturated heterocycles. The number of rotatable bonds is 2. The average Bonchev–Trinajstić information content (AvgIpc) is 2.45. The summed E-state index contributed by atoms with van der Waals surface area (Å²) in [6.45, 7) is 0. The van der Waals surface area contributed by atoms with Gasteiger partial charge >= 0.3 is 0 Å². The summed E-state index contributed by atoms with van der Waals surface area (Å²) in [5.41, 5.74) is 2.88. The highest BCUT2D eigenvalue weighted by molar-refractivity contribution is 5.83. The molecule has 0 N–H and O–H groups in total. The Balaban J connectivity index is 2.30. The molecule has 0 radical (unpaired) electrons. The van der Waals surface area contributed by atoms with E-state index >= 15 is 0 Å². The van der Waals surface area contributed by atoms with Crippen molar-refractivity contribution in [2.24, 2.45) is 5.16 Å². The van der Waals surface area contributed by atoms with E-state index < -0.39 is 0 Å². The SMILES string of the molecule is CO/N=C/c1ccccc1C#Cc1ccccc1. The van der Waals surface area contributed by atoms with Crippen LogP contribution in [-0.2, 0) is 4.84 Å². The Kier molecular flexibility index (Phi) is 4.16. The van der Waals surface area contributed by atoms with Gasteiger partial charge in [0.15, 0.2) is 0 Å². The molecular formula is C16H13NO. The highest BCUT2D eigenvalue weighted by Crippen LogP contribution is 2.05. The van der Waals surface area contributed by atoms with Crippen molar-refractivity contribution in [1.29, 1.82) is 0 Å². The van der Waals surface area contributed by atoms with E-state index in [0.29, 0.717) is 0 Å². The molecule has 0 atom stereocenters. The lowest BCUT2D eigenvalue weighted by Gasteiger charge is -1.96. The summed E-state index contributed by atoms with van der Waals surface area (Å²) in [6.07, 6.45) is 1.66. The van der Waals surface area contributed by atoms with Crippen molar-refractivity contribution >= 4 is 6.21 Å². The molecule has 2 rings (SSSR count). The lowest BCUT2D eigenvalue weighted by molar-refractivity contribution is 0.215. The van der Waals surface area contributed by atoms with Crippen molar-refractivity contribution in [3.05, 3.63) is 71.3 Å². The summed E-state index contributed by atoms with van der Waals surface area (Å²) in [4.78, 5) is 4.68. The third-order valence-corrected chi connectivity index (χ3v) is 2.37. The summed E-state index contributed by atoms with van der Waals surface area (Å²) in [7, 11) is 1.52. The zero-order valence-electron chi connectivity index (χ0n) is 10.1. The Labute approximate surface area is 107 Å². The molecule has 2 nitrogen and oxygen atoms in total. The van der Waals surface area contributed by atoms with Crippen molar-refractivity contribution in [1.82, 2.24) is 0 Å². The van der Waals surface area contributed by atoms with Gasteiger partial charge in [-0.25, -0.2) is 0 Å². The molecule has 0 aliphatic heterocycles. The van der Waals surface area contributed by atoms with Crippen molar-refractivity contribution in [2.75, 3.05) is 7.11 Å². The number of oxime groups is 1. The molecule has 0 aliphatic rings. The fraction of sp³-hybridized carbons (Fsp3) is 0.0625. The standard InChI is InChI=1S/C16H13NO/c1-18-17-13-16-10-6-5-9-15(16)12-11-14-7-3-2-4-8-14/h2-10,13H,1H3/b17-13+. The van der Waals surface area contributed by atoms with E-state index in [4.69, 9.17) is 0 Å². The van der Waals surface area contributed by atoms with Gasteiger partial charge in [-0.2, -0.15) is 0 Å². The number of benzene rings is 2. The van der Waals surface area contributed by atoms with Gasteiger partial charge in [0, 0.05) is 16.7 Å². The lowest BCUT2D eigenvalue weighted by atomic mass is 10.1. The number of nitrogens with zero attached hydrogens (tertiary/aromatic N) is 1. The van der Waals surface area contributed by atoms with Crippen molar-refractivity contribution in [2.45, 2.75) is 0 Å². The molecule has 0 bridgehead atoms. The summed E-state index contributed by atoms with van der Waals surface area (Å²) in [6, 6.07) is 17.7. The van der Waals surface area contributed by atoms with Gasteiger partial charge in [0.2, 0.25) is 0 Å². The van der Waals surface area contributed by atoms with Crippen LogP contribution in [0.2, 0.25) is 0 Å². The first-order chi connectivity index (χ1) is 8.90. The van der Waals surface area contributed by atoms with Crippen molar-refractivity contribution < 1.29 is 4.84 Å². The minimum atomic E-state index is 0.933. The summed E-state index contributed by atoms with van der Waals surface area (Å²) in [5.74, 6) is 6.27. The second kappa shape index (κ2) is 6.27. The molecular weight excluding hydrogens is 222 g/mol. The maximum absolute atomic E-state index is 4.68. The minimum absolute atomic E-state index is 0.933. The maximum Gasteiger partial charge on any atom is 0.106 e. The molecule has 2 heteroatoms. The van der Waals surface area contributed by atoms with Gasteiger partial charge in [-0.05, 0) is 18.2 Å². The number of hydrogen-bond donors (Lipinski definition) is 0. The van der Waals surface area contributed by atoms with E-state index in [9.17, 15) is 0 Å². The third kappa shape index (κ3) is 3.23. The van der Waals surface area contributed by atoms with Crippen LogP contribution in [0.25, 0.3) is 0 Å². The van der Waals surface area contributed by atoms with Crippen LogP contribution in [0.5, 0.6) is 0 Å². The molecule has 0 fully saturated rings. The molecule has 2 aromatic rings. The van der Waals surface area contributed by atoms with Crippen LogP contribution in [0, 0.1) is 11.8 Å². The molecule has 0 spiro atoms. The monoisotopic (exact) mass is 235 g/mol. The highest BCUT2D eigenvalue weighted by Gasteiger charge is 1.95. The molecule has 0 aromatic heterocycles. The molecule has 0 amide bonds. The van der Waals surface area contributed by atoms with Crippen LogP contribution >= 0.6 is 0 Å². The van der Waals surface area contributed by atoms with Crippen molar-refractivity contribution in [3.63, 3.8) is 0 Å². The Morgan fingerprint density at radius 2 is 1.67 bits per heavy atom. The molecule has 0 saturated carbocycles. The average molecular weight is 235 g/mol. The fourth-order valence-corrected chi connectivity index (χ4v) is 1.49. The largest absolute Gasteiger partial charge is 0.399 e. The van der Waals surface area contributed by atoms with Crippen LogP contribution in [0.4, 0.5) is 0 Å². The third-order valence-electron chi connectivity index (χ3n) is 2.37. The topological polar surface area (TPSA) is 21.6 Å². The van der Waals surface area contributed by atoms with E-state index in [1.165, 1.54) is 7.11 Å². The normalized spacial score (nSPS) is 9.83. The second-order valence-corrected chi connectivity index (χ2v) is 3.62. The minimum Gasteiger partial charge on any atom is -0.399 e. The van der Waals surface area contributed by atoms with Crippen LogP contribution in [-0.4, -0.2) is 13.3 Å². The van der Waals surface area contributed by atoms with Gasteiger partial charge in [-0.15, -0.1) is 0 Å². The molecule has 0 aliphatic carbocycles. The van der Waals surface area contributed by atoms with Gasteiger partial charge in [-0.1, -0.05) is 53.4 Å². The fourth-order valence-electron chi connectivity index (χ4n) is 1.49. The smallest absolute Gasteiger partial charge is 0.106 e. The van der Waals surface area contributed by atoms with Gasteiger partial charge in [0.1, 0.15) is 7.11 Å². The van der Waals surface area contributed by atoms with E-state index in [1.807, 2.05) is 54.6 Å². The molecule has 2 aromatic carbocycles. The summed E-state index contributed by atoms with van der Waals surface area (Å²) in [5, 5.41) is 3.76. The van der Waals surface area contributed by atoms with Gasteiger partial charge < -0.3 is 4.84 Å². The maximum atomic E-state index is 4.68. The first kappa shape index (κ1) is 11.9. The Morgan fingerprint density at radius 1 is 0.944 bits per heavy atom. The van der Waals surface area contributed by atoms with Crippen LogP contribution in [0.3, 0.4) is 0 Å². The predicted octanol–water partition coefficient (Wildman–Crippen LogP) is 3.07. The first-order valence-electron chi connectivity index (χ1n) is 5.63. The summed E-state index contributed by atoms with van der Waals surface area (Å²) >= 11 is 0. The molecule has 0 heterocycles. The Morgan fingerprint density at radius 3 is 2.44 bits per heavy atom. The predicted molar refractivity (Wildman–Crippen MR) is 73.5 cm³/mol. The van der Waals surface area contributed by atoms with E-state index in [0.717, 1.165) is 16.7 Å². The van der Waals surface area contributed by atoms with Gasteiger partial charge in [-0.3, -0.25) is 0 Å². The van der Waals surface area contributed by atoms with Gasteiger partial charge in [0.25, 0.3) is 0 Å². The first-order valence-corrected chi connectivity index (χ1v) is 5.63. The molecule has 88 valence electrons. The van der Waals surface area contributed by atoms with E-state index in [2.05, 4.69) is 21.8 Å².